The summed E-state index contributed by atoms with van der Waals surface area (Å²) in [6.07, 6.45) is 12.0. The quantitative estimate of drug-likeness (QED) is 0.531. The van der Waals surface area contributed by atoms with Crippen LogP contribution in [0.4, 0.5) is 0 Å². The highest BCUT2D eigenvalue weighted by atomic mass is 35.5. The number of benzene rings is 1. The third-order valence-corrected chi connectivity index (χ3v) is 10.8. The molecule has 1 aromatic carbocycles. The van der Waals surface area contributed by atoms with Crippen molar-refractivity contribution in [2.24, 2.45) is 5.92 Å². The Morgan fingerprint density at radius 2 is 1.59 bits per heavy atom. The molecule has 2 fully saturated rings. The minimum atomic E-state index is -0.453. The van der Waals surface area contributed by atoms with Crippen LogP contribution in [0, 0.1) is 5.92 Å². The van der Waals surface area contributed by atoms with Gasteiger partial charge in [-0.1, -0.05) is 81.3 Å². The lowest BCUT2D eigenvalue weighted by Crippen LogP contribution is -2.29. The van der Waals surface area contributed by atoms with Gasteiger partial charge in [-0.15, -0.1) is 0 Å². The molecule has 22 heavy (non-hydrogen) atoms. The van der Waals surface area contributed by atoms with Crippen LogP contribution < -0.4 is 0 Å². The number of hydrogen-bond acceptors (Lipinski definition) is 0. The molecule has 0 aromatic heterocycles. The van der Waals surface area contributed by atoms with Crippen molar-refractivity contribution >= 4 is 20.4 Å². The topological polar surface area (TPSA) is 0 Å². The van der Waals surface area contributed by atoms with Gasteiger partial charge in [0.2, 0.25) is 0 Å². The van der Waals surface area contributed by atoms with Gasteiger partial charge in [0.15, 0.2) is 0 Å². The minimum absolute atomic E-state index is 0.453. The number of hydrogen-bond donors (Lipinski definition) is 0. The van der Waals surface area contributed by atoms with Crippen LogP contribution >= 0.6 is 11.6 Å². The zero-order valence-electron chi connectivity index (χ0n) is 14.1. The van der Waals surface area contributed by atoms with E-state index < -0.39 is 8.80 Å². The molecule has 0 amide bonds. The summed E-state index contributed by atoms with van der Waals surface area (Å²) >= 11 is 6.02. The van der Waals surface area contributed by atoms with Crippen molar-refractivity contribution in [2.75, 3.05) is 0 Å². The van der Waals surface area contributed by atoms with Crippen LogP contribution in [0.25, 0.3) is 0 Å². The van der Waals surface area contributed by atoms with E-state index in [-0.39, 0.29) is 0 Å². The van der Waals surface area contributed by atoms with E-state index >= 15 is 0 Å². The Labute approximate surface area is 143 Å². The average molecular weight is 335 g/mol. The van der Waals surface area contributed by atoms with Crippen LogP contribution in [0.3, 0.4) is 0 Å². The second-order valence-electron chi connectivity index (χ2n) is 7.73. The second-order valence-corrected chi connectivity index (χ2v) is 11.8. The Bertz CT molecular complexity index is 439. The molecule has 122 valence electrons. The molecule has 1 saturated heterocycles. The van der Waals surface area contributed by atoms with Crippen molar-refractivity contribution < 1.29 is 0 Å². The summed E-state index contributed by atoms with van der Waals surface area (Å²) in [6.45, 7) is 2.35. The van der Waals surface area contributed by atoms with Crippen molar-refractivity contribution in [3.63, 3.8) is 0 Å². The van der Waals surface area contributed by atoms with Gasteiger partial charge in [-0.2, -0.15) is 0 Å². The maximum absolute atomic E-state index is 6.02. The Morgan fingerprint density at radius 3 is 2.18 bits per heavy atom. The Kier molecular flexibility index (Phi) is 6.04. The molecular weight excluding hydrogens is 304 g/mol. The SMILES string of the molecule is CCC[C@H]1CC[C@H]([SiH]2CCC(c3ccc(Cl)cc3)CC2)CC1. The second kappa shape index (κ2) is 8.01. The molecule has 0 unspecified atom stereocenters. The summed E-state index contributed by atoms with van der Waals surface area (Å²) < 4.78 is 0. The van der Waals surface area contributed by atoms with Crippen LogP contribution in [0.2, 0.25) is 22.7 Å². The van der Waals surface area contributed by atoms with Crippen molar-refractivity contribution in [2.45, 2.75) is 81.8 Å². The highest BCUT2D eigenvalue weighted by molar-refractivity contribution is 6.60. The summed E-state index contributed by atoms with van der Waals surface area (Å²) in [5.74, 6) is 1.89. The lowest BCUT2D eigenvalue weighted by Gasteiger charge is -2.37. The van der Waals surface area contributed by atoms with Gasteiger partial charge >= 0.3 is 0 Å². The Balaban J connectivity index is 1.47. The molecule has 2 aliphatic rings. The summed E-state index contributed by atoms with van der Waals surface area (Å²) in [4.78, 5) is 0. The van der Waals surface area contributed by atoms with Crippen LogP contribution in [0.1, 0.15) is 69.8 Å². The molecule has 3 rings (SSSR count). The molecule has 1 aromatic rings. The third-order valence-electron chi connectivity index (χ3n) is 6.37. The summed E-state index contributed by atoms with van der Waals surface area (Å²) in [5.41, 5.74) is 2.71. The lowest BCUT2D eigenvalue weighted by atomic mass is 9.86. The maximum atomic E-state index is 6.02. The first-order valence-corrected chi connectivity index (χ1v) is 12.2. The Hall–Kier alpha value is -0.273. The summed E-state index contributed by atoms with van der Waals surface area (Å²) in [6, 6.07) is 11.8. The fourth-order valence-electron chi connectivity index (χ4n) is 5.02. The van der Waals surface area contributed by atoms with E-state index in [2.05, 4.69) is 31.2 Å². The molecule has 0 spiro atoms. The predicted octanol–water partition coefficient (Wildman–Crippen LogP) is 6.81. The molecule has 1 saturated carbocycles. The molecule has 1 aliphatic carbocycles. The first kappa shape index (κ1) is 16.6. The third kappa shape index (κ3) is 4.17. The molecular formula is C20H31ClSi. The van der Waals surface area contributed by atoms with Gasteiger partial charge in [0, 0.05) is 13.8 Å². The molecule has 0 radical (unpaired) electrons. The lowest BCUT2D eigenvalue weighted by molar-refractivity contribution is 0.332. The van der Waals surface area contributed by atoms with E-state index in [0.717, 1.165) is 16.9 Å². The smallest absolute Gasteiger partial charge is 0.0406 e. The van der Waals surface area contributed by atoms with E-state index in [1.165, 1.54) is 36.8 Å². The zero-order valence-corrected chi connectivity index (χ0v) is 16.0. The van der Waals surface area contributed by atoms with E-state index in [1.807, 2.05) is 0 Å². The van der Waals surface area contributed by atoms with Crippen LogP contribution in [0.15, 0.2) is 24.3 Å². The Morgan fingerprint density at radius 1 is 0.955 bits per heavy atom. The molecule has 0 N–H and O–H groups in total. The monoisotopic (exact) mass is 334 g/mol. The van der Waals surface area contributed by atoms with Crippen molar-refractivity contribution in [1.82, 2.24) is 0 Å². The van der Waals surface area contributed by atoms with Gasteiger partial charge < -0.3 is 0 Å². The van der Waals surface area contributed by atoms with Gasteiger partial charge in [0.1, 0.15) is 0 Å². The molecule has 2 heteroatoms. The highest BCUT2D eigenvalue weighted by Crippen LogP contribution is 2.43. The van der Waals surface area contributed by atoms with Gasteiger partial charge in [-0.3, -0.25) is 0 Å². The van der Waals surface area contributed by atoms with E-state index in [0.29, 0.717) is 0 Å². The van der Waals surface area contributed by atoms with E-state index in [9.17, 15) is 0 Å². The molecule has 0 nitrogen and oxygen atoms in total. The van der Waals surface area contributed by atoms with Crippen molar-refractivity contribution in [1.29, 1.82) is 0 Å². The first-order valence-electron chi connectivity index (χ1n) is 9.51. The number of halogens is 1. The van der Waals surface area contributed by atoms with E-state index in [1.54, 1.807) is 37.8 Å². The zero-order chi connectivity index (χ0) is 15.4. The fourth-order valence-corrected chi connectivity index (χ4v) is 9.36. The van der Waals surface area contributed by atoms with Gasteiger partial charge in [-0.05, 0) is 47.9 Å². The van der Waals surface area contributed by atoms with Crippen LogP contribution in [0.5, 0.6) is 0 Å². The molecule has 0 atom stereocenters. The van der Waals surface area contributed by atoms with Crippen molar-refractivity contribution in [3.05, 3.63) is 34.9 Å². The molecule has 0 bridgehead atoms. The molecule has 1 heterocycles. The largest absolute Gasteiger partial charge is 0.0843 e. The minimum Gasteiger partial charge on any atom is -0.0843 e. The predicted molar refractivity (Wildman–Crippen MR) is 101 cm³/mol. The first-order chi connectivity index (χ1) is 10.8. The maximum Gasteiger partial charge on any atom is 0.0406 e. The van der Waals surface area contributed by atoms with Gasteiger partial charge in [0.25, 0.3) is 0 Å². The summed E-state index contributed by atoms with van der Waals surface area (Å²) in [7, 11) is -0.453. The van der Waals surface area contributed by atoms with Gasteiger partial charge in [0.05, 0.1) is 0 Å². The van der Waals surface area contributed by atoms with Crippen LogP contribution in [-0.4, -0.2) is 8.80 Å². The van der Waals surface area contributed by atoms with Crippen molar-refractivity contribution in [3.8, 4) is 0 Å². The highest BCUT2D eigenvalue weighted by Gasteiger charge is 2.31. The number of rotatable bonds is 4. The fraction of sp³-hybridized carbons (Fsp3) is 0.700. The summed E-state index contributed by atoms with van der Waals surface area (Å²) in [5, 5.41) is 0.871. The van der Waals surface area contributed by atoms with Gasteiger partial charge in [-0.25, -0.2) is 0 Å². The normalized spacial score (nSPS) is 32.8. The van der Waals surface area contributed by atoms with E-state index in [4.69, 9.17) is 11.6 Å². The standard InChI is InChI=1S/C20H31ClSi/c1-2-3-16-4-10-20(11-5-16)22-14-12-18(13-15-22)17-6-8-19(21)9-7-17/h6-9,16,18,20,22H,2-5,10-15H2,1H3/t16-,18?,20-,22?. The average Bonchev–Trinajstić information content (AvgIpc) is 2.57. The van der Waals surface area contributed by atoms with Crippen LogP contribution in [-0.2, 0) is 0 Å². The molecule has 1 aliphatic heterocycles.